The van der Waals surface area contributed by atoms with Crippen LogP contribution in [0.5, 0.6) is 5.75 Å². The van der Waals surface area contributed by atoms with Gasteiger partial charge in [0.15, 0.2) is 0 Å². The van der Waals surface area contributed by atoms with Crippen LogP contribution in [0.1, 0.15) is 5.56 Å². The minimum atomic E-state index is -4.93. The quantitative estimate of drug-likeness (QED) is 0.659. The number of nitrogens with one attached hydrogen (secondary N) is 2. The second-order valence-electron chi connectivity index (χ2n) is 4.84. The molecule has 0 saturated carbocycles. The average Bonchev–Trinajstić information content (AvgIpc) is 2.48. The number of anilines is 2. The highest BCUT2D eigenvalue weighted by Gasteiger charge is 2.32. The van der Waals surface area contributed by atoms with E-state index >= 15 is 0 Å². The summed E-state index contributed by atoms with van der Waals surface area (Å²) >= 11 is 5.64. The first kappa shape index (κ1) is 19.7. The third-order valence-corrected chi connectivity index (χ3v) is 3.28. The molecule has 0 unspecified atom stereocenters. The van der Waals surface area contributed by atoms with E-state index < -0.39 is 41.4 Å². The highest BCUT2D eigenvalue weighted by atomic mass is 35.5. The van der Waals surface area contributed by atoms with E-state index in [0.29, 0.717) is 6.07 Å². The number of aliphatic hydroxyl groups excluding tert-OH is 1. The lowest BCUT2D eigenvalue weighted by Crippen LogP contribution is -2.21. The Morgan fingerprint density at radius 3 is 2.42 bits per heavy atom. The molecule has 0 aliphatic heterocycles. The number of halogens is 6. The molecule has 0 aliphatic rings. The lowest BCUT2D eigenvalue weighted by Gasteiger charge is -2.13. The van der Waals surface area contributed by atoms with Gasteiger partial charge in [0.2, 0.25) is 0 Å². The van der Waals surface area contributed by atoms with E-state index in [-0.39, 0.29) is 16.9 Å². The molecule has 2 amide bonds. The van der Waals surface area contributed by atoms with Crippen molar-refractivity contribution in [3.05, 3.63) is 52.6 Å². The summed E-state index contributed by atoms with van der Waals surface area (Å²) in [5.74, 6) is -2.70. The second-order valence-corrected chi connectivity index (χ2v) is 5.25. The van der Waals surface area contributed by atoms with Crippen molar-refractivity contribution < 1.29 is 36.6 Å². The van der Waals surface area contributed by atoms with Crippen LogP contribution in [-0.2, 0) is 6.61 Å². The monoisotopic (exact) mass is 396 g/mol. The van der Waals surface area contributed by atoms with Crippen molar-refractivity contribution in [3.8, 4) is 5.75 Å². The molecule has 0 aromatic heterocycles. The Balaban J connectivity index is 2.13. The minimum absolute atomic E-state index is 0.00977. The molecule has 0 bridgehead atoms. The van der Waals surface area contributed by atoms with Gasteiger partial charge in [-0.3, -0.25) is 0 Å². The molecule has 0 saturated heterocycles. The number of urea groups is 1. The van der Waals surface area contributed by atoms with Crippen molar-refractivity contribution in [3.63, 3.8) is 0 Å². The van der Waals surface area contributed by atoms with Crippen LogP contribution in [-0.4, -0.2) is 17.5 Å². The molecule has 0 atom stereocenters. The number of rotatable bonds is 4. The molecule has 3 N–H and O–H groups in total. The number of hydrogen-bond donors (Lipinski definition) is 3. The molecule has 0 heterocycles. The Morgan fingerprint density at radius 1 is 1.15 bits per heavy atom. The zero-order chi connectivity index (χ0) is 19.5. The van der Waals surface area contributed by atoms with Crippen LogP contribution in [0.2, 0.25) is 5.02 Å². The first-order valence-electron chi connectivity index (χ1n) is 6.81. The maximum Gasteiger partial charge on any atom is 0.573 e. The Kier molecular flexibility index (Phi) is 5.88. The molecule has 140 valence electrons. The van der Waals surface area contributed by atoms with Crippen LogP contribution in [0.4, 0.5) is 38.1 Å². The van der Waals surface area contributed by atoms with E-state index in [1.807, 2.05) is 0 Å². The molecule has 2 aromatic carbocycles. The largest absolute Gasteiger partial charge is 0.573 e. The molecule has 5 nitrogen and oxygen atoms in total. The maximum absolute atomic E-state index is 13.5. The highest BCUT2D eigenvalue weighted by Crippen LogP contribution is 2.32. The fourth-order valence-corrected chi connectivity index (χ4v) is 2.17. The summed E-state index contributed by atoms with van der Waals surface area (Å²) in [7, 11) is 0. The van der Waals surface area contributed by atoms with Crippen LogP contribution in [0, 0.1) is 11.6 Å². The Morgan fingerprint density at radius 2 is 1.85 bits per heavy atom. The van der Waals surface area contributed by atoms with E-state index in [9.17, 15) is 26.7 Å². The molecule has 2 rings (SSSR count). The van der Waals surface area contributed by atoms with Crippen LogP contribution in [0.25, 0.3) is 0 Å². The average molecular weight is 397 g/mol. The van der Waals surface area contributed by atoms with Crippen molar-refractivity contribution in [2.75, 3.05) is 10.6 Å². The van der Waals surface area contributed by atoms with E-state index in [1.54, 1.807) is 0 Å². The van der Waals surface area contributed by atoms with Crippen molar-refractivity contribution >= 4 is 29.0 Å². The summed E-state index contributed by atoms with van der Waals surface area (Å²) in [4.78, 5) is 11.9. The third-order valence-electron chi connectivity index (χ3n) is 2.98. The van der Waals surface area contributed by atoms with Crippen molar-refractivity contribution in [2.45, 2.75) is 13.0 Å². The lowest BCUT2D eigenvalue weighted by molar-refractivity contribution is -0.274. The number of alkyl halides is 3. The van der Waals surface area contributed by atoms with Gasteiger partial charge in [-0.05, 0) is 24.3 Å². The van der Waals surface area contributed by atoms with Gasteiger partial charge in [0.05, 0.1) is 17.3 Å². The van der Waals surface area contributed by atoms with Crippen molar-refractivity contribution in [1.29, 1.82) is 0 Å². The molecule has 0 aliphatic carbocycles. The van der Waals surface area contributed by atoms with Crippen molar-refractivity contribution in [1.82, 2.24) is 0 Å². The SMILES string of the molecule is O=C(Nc1ccc(OC(F)(F)F)c(Cl)c1)Nc1cc(F)cc(F)c1CO. The first-order valence-corrected chi connectivity index (χ1v) is 7.19. The summed E-state index contributed by atoms with van der Waals surface area (Å²) in [6.45, 7) is -0.795. The zero-order valence-corrected chi connectivity index (χ0v) is 13.4. The van der Waals surface area contributed by atoms with Gasteiger partial charge in [-0.15, -0.1) is 13.2 Å². The van der Waals surface area contributed by atoms with E-state index in [0.717, 1.165) is 24.3 Å². The third kappa shape index (κ3) is 5.20. The van der Waals surface area contributed by atoms with Gasteiger partial charge in [0.1, 0.15) is 17.4 Å². The van der Waals surface area contributed by atoms with Gasteiger partial charge in [0, 0.05) is 17.3 Å². The number of benzene rings is 2. The van der Waals surface area contributed by atoms with Crippen LogP contribution in [0.3, 0.4) is 0 Å². The topological polar surface area (TPSA) is 70.6 Å². The first-order chi connectivity index (χ1) is 12.1. The van der Waals surface area contributed by atoms with Crippen LogP contribution >= 0.6 is 11.6 Å². The summed E-state index contributed by atoms with van der Waals surface area (Å²) in [5, 5.41) is 13.0. The molecule has 26 heavy (non-hydrogen) atoms. The number of amides is 2. The van der Waals surface area contributed by atoms with Crippen LogP contribution < -0.4 is 15.4 Å². The van der Waals surface area contributed by atoms with E-state index in [1.165, 1.54) is 0 Å². The molecule has 0 fully saturated rings. The van der Waals surface area contributed by atoms with Gasteiger partial charge < -0.3 is 20.5 Å². The summed E-state index contributed by atoms with van der Waals surface area (Å²) in [6, 6.07) is 3.31. The van der Waals surface area contributed by atoms with Gasteiger partial charge in [-0.1, -0.05) is 11.6 Å². The molecule has 0 spiro atoms. The summed E-state index contributed by atoms with van der Waals surface area (Å²) < 4.78 is 66.9. The number of ether oxygens (including phenoxy) is 1. The maximum atomic E-state index is 13.5. The summed E-state index contributed by atoms with van der Waals surface area (Å²) in [6.07, 6.45) is -4.93. The standard InChI is InChI=1S/C15H10ClF5N2O3/c16-10-5-8(1-2-13(10)26-15(19,20)21)22-14(25)23-12-4-7(17)3-11(18)9(12)6-24/h1-5,24H,6H2,(H2,22,23,25). The van der Waals surface area contributed by atoms with Crippen molar-refractivity contribution in [2.24, 2.45) is 0 Å². The van der Waals surface area contributed by atoms with Gasteiger partial charge in [-0.25, -0.2) is 13.6 Å². The Bertz CT molecular complexity index is 830. The fraction of sp³-hybridized carbons (Fsp3) is 0.133. The minimum Gasteiger partial charge on any atom is -0.404 e. The Hall–Kier alpha value is -2.59. The molecule has 0 radical (unpaired) electrons. The lowest BCUT2D eigenvalue weighted by atomic mass is 10.1. The predicted molar refractivity (Wildman–Crippen MR) is 83.1 cm³/mol. The van der Waals surface area contributed by atoms with E-state index in [4.69, 9.17) is 16.7 Å². The van der Waals surface area contributed by atoms with Crippen LogP contribution in [0.15, 0.2) is 30.3 Å². The Labute approximate surface area is 148 Å². The molecular weight excluding hydrogens is 387 g/mol. The number of aliphatic hydroxyl groups is 1. The van der Waals surface area contributed by atoms with Gasteiger partial charge in [-0.2, -0.15) is 0 Å². The fourth-order valence-electron chi connectivity index (χ4n) is 1.95. The number of hydrogen-bond acceptors (Lipinski definition) is 3. The number of carbonyl (C=O) groups is 1. The predicted octanol–water partition coefficient (Wildman–Crippen LogP) is 4.65. The second kappa shape index (κ2) is 7.75. The molecule has 2 aromatic rings. The molecule has 11 heteroatoms. The highest BCUT2D eigenvalue weighted by molar-refractivity contribution is 6.32. The normalized spacial score (nSPS) is 11.2. The van der Waals surface area contributed by atoms with Gasteiger partial charge >= 0.3 is 12.4 Å². The summed E-state index contributed by atoms with van der Waals surface area (Å²) in [5.41, 5.74) is -0.663. The zero-order valence-electron chi connectivity index (χ0n) is 12.6. The van der Waals surface area contributed by atoms with Gasteiger partial charge in [0.25, 0.3) is 0 Å². The molecular formula is C15H10ClF5N2O3. The smallest absolute Gasteiger partial charge is 0.404 e. The number of carbonyl (C=O) groups excluding carboxylic acids is 1. The van der Waals surface area contributed by atoms with E-state index in [2.05, 4.69) is 15.4 Å².